The zero-order chi connectivity index (χ0) is 24.5. The lowest BCUT2D eigenvalue weighted by Gasteiger charge is -2.34. The number of pyridine rings is 1. The van der Waals surface area contributed by atoms with Crippen LogP contribution < -0.4 is 9.80 Å². The second-order valence-electron chi connectivity index (χ2n) is 10.7. The molecule has 0 spiro atoms. The maximum atomic E-state index is 5.49. The van der Waals surface area contributed by atoms with Crippen LogP contribution in [0.15, 0.2) is 36.5 Å². The van der Waals surface area contributed by atoms with Gasteiger partial charge in [0.15, 0.2) is 0 Å². The highest BCUT2D eigenvalue weighted by molar-refractivity contribution is 5.91. The molecule has 2 aromatic heterocycles. The van der Waals surface area contributed by atoms with Crippen LogP contribution in [0.4, 0.5) is 11.6 Å². The highest BCUT2D eigenvalue weighted by Gasteiger charge is 2.30. The molecule has 7 nitrogen and oxygen atoms in total. The highest BCUT2D eigenvalue weighted by Crippen LogP contribution is 2.41. The standard InChI is InChI=1S/C29H38N6O/c1-21-5-3-4-6-24(21)22-9-11-35(12-10-22)29-25-19-27(33(2)13-14-34-15-17-36-18-16-34)30-20-26(25)31-28(32-29)23-7-8-23/h3-6,19-20,22-23H,7-18H2,1-2H3. The molecule has 0 unspecified atom stereocenters. The summed E-state index contributed by atoms with van der Waals surface area (Å²) < 4.78 is 5.49. The molecule has 0 amide bonds. The van der Waals surface area contributed by atoms with E-state index >= 15 is 0 Å². The van der Waals surface area contributed by atoms with Gasteiger partial charge in [0.1, 0.15) is 17.5 Å². The number of anilines is 2. The zero-order valence-electron chi connectivity index (χ0n) is 21.7. The van der Waals surface area contributed by atoms with Crippen molar-refractivity contribution < 1.29 is 4.74 Å². The van der Waals surface area contributed by atoms with E-state index in [1.54, 1.807) is 0 Å². The molecule has 0 radical (unpaired) electrons. The molecule has 1 aromatic carbocycles. The summed E-state index contributed by atoms with van der Waals surface area (Å²) in [5.41, 5.74) is 3.90. The number of benzene rings is 1. The minimum absolute atomic E-state index is 0.522. The first kappa shape index (κ1) is 23.6. The number of piperidine rings is 1. The fourth-order valence-corrected chi connectivity index (χ4v) is 5.67. The van der Waals surface area contributed by atoms with Gasteiger partial charge in [-0.05, 0) is 55.7 Å². The molecule has 0 bridgehead atoms. The van der Waals surface area contributed by atoms with Crippen LogP contribution in [-0.4, -0.2) is 79.4 Å². The number of aryl methyl sites for hydroxylation is 1. The summed E-state index contributed by atoms with van der Waals surface area (Å²) in [7, 11) is 2.14. The van der Waals surface area contributed by atoms with Crippen molar-refractivity contribution in [1.29, 1.82) is 0 Å². The Morgan fingerprint density at radius 2 is 1.75 bits per heavy atom. The van der Waals surface area contributed by atoms with Gasteiger partial charge in [-0.15, -0.1) is 0 Å². The Bertz CT molecular complexity index is 1200. The molecule has 4 heterocycles. The molecule has 0 N–H and O–H groups in total. The third-order valence-corrected chi connectivity index (χ3v) is 8.18. The number of fused-ring (bicyclic) bond motifs is 1. The molecule has 0 atom stereocenters. The minimum Gasteiger partial charge on any atom is -0.379 e. The van der Waals surface area contributed by atoms with E-state index in [9.17, 15) is 0 Å². The Balaban J connectivity index is 1.23. The van der Waals surface area contributed by atoms with Gasteiger partial charge in [-0.25, -0.2) is 15.0 Å². The van der Waals surface area contributed by atoms with Crippen molar-refractivity contribution in [1.82, 2.24) is 19.9 Å². The largest absolute Gasteiger partial charge is 0.379 e. The number of rotatable bonds is 7. The summed E-state index contributed by atoms with van der Waals surface area (Å²) in [6.45, 7) is 9.96. The van der Waals surface area contributed by atoms with Crippen LogP contribution in [0.2, 0.25) is 0 Å². The predicted octanol–water partition coefficient (Wildman–Crippen LogP) is 4.36. The van der Waals surface area contributed by atoms with E-state index < -0.39 is 0 Å². The maximum absolute atomic E-state index is 5.49. The minimum atomic E-state index is 0.522. The van der Waals surface area contributed by atoms with Crippen molar-refractivity contribution in [3.63, 3.8) is 0 Å². The van der Waals surface area contributed by atoms with Crippen LogP contribution in [0.1, 0.15) is 54.5 Å². The molecule has 2 saturated heterocycles. The number of likely N-dealkylation sites (N-methyl/N-ethyl adjacent to an activating group) is 1. The highest BCUT2D eigenvalue weighted by atomic mass is 16.5. The van der Waals surface area contributed by atoms with E-state index in [1.165, 1.54) is 24.0 Å². The van der Waals surface area contributed by atoms with Gasteiger partial charge in [-0.3, -0.25) is 4.90 Å². The Kier molecular flexibility index (Phi) is 6.76. The fourth-order valence-electron chi connectivity index (χ4n) is 5.67. The first-order valence-corrected chi connectivity index (χ1v) is 13.6. The lowest BCUT2D eigenvalue weighted by atomic mass is 9.87. The van der Waals surface area contributed by atoms with Crippen LogP contribution in [0.5, 0.6) is 0 Å². The molecular formula is C29H38N6O. The molecule has 3 fully saturated rings. The third kappa shape index (κ3) is 5.04. The number of hydrogen-bond acceptors (Lipinski definition) is 7. The summed E-state index contributed by atoms with van der Waals surface area (Å²) >= 11 is 0. The number of morpholine rings is 1. The normalized spacial score (nSPS) is 19.7. The Hall–Kier alpha value is -2.77. The van der Waals surface area contributed by atoms with Crippen molar-refractivity contribution >= 4 is 22.5 Å². The SMILES string of the molecule is Cc1ccccc1C1CCN(c2nc(C3CC3)nc3cnc(N(C)CCN4CCOCC4)cc23)CC1. The second kappa shape index (κ2) is 10.3. The first-order valence-electron chi connectivity index (χ1n) is 13.6. The average molecular weight is 487 g/mol. The number of nitrogens with zero attached hydrogens (tertiary/aromatic N) is 6. The molecule has 1 aliphatic carbocycles. The van der Waals surface area contributed by atoms with Gasteiger partial charge in [0, 0.05) is 57.6 Å². The molecule has 7 heteroatoms. The zero-order valence-corrected chi connectivity index (χ0v) is 21.7. The van der Waals surface area contributed by atoms with Crippen LogP contribution in [0.3, 0.4) is 0 Å². The summed E-state index contributed by atoms with van der Waals surface area (Å²) in [5, 5.41) is 1.14. The van der Waals surface area contributed by atoms with E-state index in [0.717, 1.165) is 93.7 Å². The van der Waals surface area contributed by atoms with E-state index in [4.69, 9.17) is 19.7 Å². The third-order valence-electron chi connectivity index (χ3n) is 8.18. The Morgan fingerprint density at radius 1 is 0.972 bits per heavy atom. The van der Waals surface area contributed by atoms with E-state index in [1.807, 2.05) is 6.20 Å². The molecular weight excluding hydrogens is 448 g/mol. The van der Waals surface area contributed by atoms with Crippen molar-refractivity contribution in [3.05, 3.63) is 53.5 Å². The Morgan fingerprint density at radius 3 is 2.50 bits per heavy atom. The van der Waals surface area contributed by atoms with Gasteiger partial charge < -0.3 is 14.5 Å². The number of hydrogen-bond donors (Lipinski definition) is 0. The quantitative estimate of drug-likeness (QED) is 0.492. The summed E-state index contributed by atoms with van der Waals surface area (Å²) in [6.07, 6.45) is 6.69. The van der Waals surface area contributed by atoms with Crippen LogP contribution in [0, 0.1) is 6.92 Å². The van der Waals surface area contributed by atoms with Crippen LogP contribution in [0.25, 0.3) is 10.9 Å². The van der Waals surface area contributed by atoms with E-state index in [0.29, 0.717) is 11.8 Å². The van der Waals surface area contributed by atoms with Crippen molar-refractivity contribution in [3.8, 4) is 0 Å². The molecule has 3 aromatic rings. The smallest absolute Gasteiger partial charge is 0.140 e. The van der Waals surface area contributed by atoms with Crippen molar-refractivity contribution in [2.75, 3.05) is 69.3 Å². The predicted molar refractivity (Wildman–Crippen MR) is 145 cm³/mol. The molecule has 2 aliphatic heterocycles. The molecule has 36 heavy (non-hydrogen) atoms. The van der Waals surface area contributed by atoms with Gasteiger partial charge >= 0.3 is 0 Å². The maximum Gasteiger partial charge on any atom is 0.140 e. The summed E-state index contributed by atoms with van der Waals surface area (Å²) in [6, 6.07) is 11.1. The lowest BCUT2D eigenvalue weighted by Crippen LogP contribution is -2.40. The van der Waals surface area contributed by atoms with Gasteiger partial charge in [0.05, 0.1) is 24.9 Å². The van der Waals surface area contributed by atoms with Gasteiger partial charge in [0.2, 0.25) is 0 Å². The van der Waals surface area contributed by atoms with Gasteiger partial charge in [-0.1, -0.05) is 24.3 Å². The van der Waals surface area contributed by atoms with E-state index in [2.05, 4.69) is 59.0 Å². The summed E-state index contributed by atoms with van der Waals surface area (Å²) in [5.74, 6) is 4.26. The summed E-state index contributed by atoms with van der Waals surface area (Å²) in [4.78, 5) is 22.2. The molecule has 6 rings (SSSR count). The van der Waals surface area contributed by atoms with Gasteiger partial charge in [0.25, 0.3) is 0 Å². The van der Waals surface area contributed by atoms with E-state index in [-0.39, 0.29) is 0 Å². The van der Waals surface area contributed by atoms with Crippen LogP contribution in [-0.2, 0) is 4.74 Å². The molecule has 190 valence electrons. The van der Waals surface area contributed by atoms with Gasteiger partial charge in [-0.2, -0.15) is 0 Å². The molecule has 1 saturated carbocycles. The van der Waals surface area contributed by atoms with Crippen molar-refractivity contribution in [2.24, 2.45) is 0 Å². The monoisotopic (exact) mass is 486 g/mol. The topological polar surface area (TPSA) is 57.6 Å². The number of ether oxygens (including phenoxy) is 1. The number of aromatic nitrogens is 3. The second-order valence-corrected chi connectivity index (χ2v) is 10.7. The first-order chi connectivity index (χ1) is 17.7. The molecule has 3 aliphatic rings. The average Bonchev–Trinajstić information content (AvgIpc) is 3.78. The van der Waals surface area contributed by atoms with Crippen molar-refractivity contribution in [2.45, 2.75) is 44.4 Å². The lowest BCUT2D eigenvalue weighted by molar-refractivity contribution is 0.0393. The Labute approximate surface area is 214 Å². The fraction of sp³-hybridized carbons (Fsp3) is 0.552. The van der Waals surface area contributed by atoms with Crippen LogP contribution >= 0.6 is 0 Å².